The molecular formula is C15H28N2O. The number of nitrogens with one attached hydrogen (secondary N) is 1. The molecule has 18 heavy (non-hydrogen) atoms. The van der Waals surface area contributed by atoms with Crippen LogP contribution in [-0.2, 0) is 4.79 Å². The van der Waals surface area contributed by atoms with Crippen LogP contribution in [0.1, 0.15) is 64.7 Å². The maximum Gasteiger partial charge on any atom is 0.240 e. The molecule has 0 aromatic rings. The minimum Gasteiger partial charge on any atom is -0.338 e. The van der Waals surface area contributed by atoms with Crippen molar-refractivity contribution in [3.63, 3.8) is 0 Å². The van der Waals surface area contributed by atoms with Gasteiger partial charge in [0, 0.05) is 12.6 Å². The van der Waals surface area contributed by atoms with Crippen molar-refractivity contribution in [1.29, 1.82) is 0 Å². The molecule has 1 N–H and O–H groups in total. The molecule has 1 heterocycles. The Morgan fingerprint density at radius 3 is 2.44 bits per heavy atom. The lowest BCUT2D eigenvalue weighted by Gasteiger charge is -2.29. The number of rotatable bonds is 4. The van der Waals surface area contributed by atoms with Crippen molar-refractivity contribution in [3.8, 4) is 0 Å². The normalized spacial score (nSPS) is 27.3. The summed E-state index contributed by atoms with van der Waals surface area (Å²) < 4.78 is 0. The quantitative estimate of drug-likeness (QED) is 0.834. The zero-order chi connectivity index (χ0) is 12.8. The second kappa shape index (κ2) is 7.13. The molecule has 0 aromatic carbocycles. The van der Waals surface area contributed by atoms with Gasteiger partial charge in [0.2, 0.25) is 5.91 Å². The molecule has 0 radical (unpaired) electrons. The van der Waals surface area contributed by atoms with E-state index in [1.54, 1.807) is 0 Å². The van der Waals surface area contributed by atoms with Gasteiger partial charge in [-0.1, -0.05) is 39.0 Å². The standard InChI is InChI=1S/C15H28N2O/c1-2-11-16-14-10-12-17(15(14)18)13-8-6-4-3-5-7-9-13/h13-14,16H,2-12H2,1H3. The van der Waals surface area contributed by atoms with Crippen molar-refractivity contribution in [1.82, 2.24) is 10.2 Å². The van der Waals surface area contributed by atoms with E-state index in [9.17, 15) is 4.79 Å². The first-order chi connectivity index (χ1) is 8.83. The van der Waals surface area contributed by atoms with Crippen molar-refractivity contribution >= 4 is 5.91 Å². The third kappa shape index (κ3) is 3.47. The molecular weight excluding hydrogens is 224 g/mol. The Kier molecular flexibility index (Phi) is 5.48. The molecule has 1 saturated carbocycles. The van der Waals surface area contributed by atoms with E-state index in [1.165, 1.54) is 44.9 Å². The number of likely N-dealkylation sites (tertiary alicyclic amines) is 1. The maximum absolute atomic E-state index is 12.4. The van der Waals surface area contributed by atoms with Gasteiger partial charge in [-0.2, -0.15) is 0 Å². The SMILES string of the molecule is CCCNC1CCN(C2CCCCCCC2)C1=O. The lowest BCUT2D eigenvalue weighted by Crippen LogP contribution is -2.43. The van der Waals surface area contributed by atoms with Gasteiger partial charge in [-0.05, 0) is 32.2 Å². The van der Waals surface area contributed by atoms with Gasteiger partial charge in [0.05, 0.1) is 6.04 Å². The highest BCUT2D eigenvalue weighted by atomic mass is 16.2. The molecule has 1 amide bonds. The Labute approximate surface area is 111 Å². The van der Waals surface area contributed by atoms with Crippen molar-refractivity contribution in [2.24, 2.45) is 0 Å². The van der Waals surface area contributed by atoms with Crippen molar-refractivity contribution in [2.75, 3.05) is 13.1 Å². The van der Waals surface area contributed by atoms with Gasteiger partial charge in [0.15, 0.2) is 0 Å². The minimum atomic E-state index is 0.107. The van der Waals surface area contributed by atoms with Gasteiger partial charge in [-0.15, -0.1) is 0 Å². The van der Waals surface area contributed by atoms with Crippen LogP contribution in [0, 0.1) is 0 Å². The number of amides is 1. The first kappa shape index (κ1) is 13.9. The second-order valence-electron chi connectivity index (χ2n) is 5.83. The molecule has 1 aliphatic carbocycles. The molecule has 0 aromatic heterocycles. The fourth-order valence-electron chi connectivity index (χ4n) is 3.32. The molecule has 1 unspecified atom stereocenters. The lowest BCUT2D eigenvalue weighted by atomic mass is 9.96. The third-order valence-electron chi connectivity index (χ3n) is 4.40. The molecule has 2 aliphatic rings. The van der Waals surface area contributed by atoms with Crippen LogP contribution in [0.4, 0.5) is 0 Å². The first-order valence-corrected chi connectivity index (χ1v) is 7.86. The van der Waals surface area contributed by atoms with Gasteiger partial charge < -0.3 is 10.2 Å². The molecule has 3 heteroatoms. The first-order valence-electron chi connectivity index (χ1n) is 7.86. The molecule has 2 fully saturated rings. The van der Waals surface area contributed by atoms with Crippen LogP contribution in [0.5, 0.6) is 0 Å². The largest absolute Gasteiger partial charge is 0.338 e. The van der Waals surface area contributed by atoms with E-state index in [4.69, 9.17) is 0 Å². The van der Waals surface area contributed by atoms with Crippen molar-refractivity contribution < 1.29 is 4.79 Å². The Balaban J connectivity index is 1.86. The van der Waals surface area contributed by atoms with Crippen molar-refractivity contribution in [3.05, 3.63) is 0 Å². The van der Waals surface area contributed by atoms with Gasteiger partial charge >= 0.3 is 0 Å². The monoisotopic (exact) mass is 252 g/mol. The van der Waals surface area contributed by atoms with E-state index in [0.717, 1.165) is 25.9 Å². The second-order valence-corrected chi connectivity index (χ2v) is 5.83. The Hall–Kier alpha value is -0.570. The fraction of sp³-hybridized carbons (Fsp3) is 0.933. The highest BCUT2D eigenvalue weighted by molar-refractivity contribution is 5.84. The van der Waals surface area contributed by atoms with Crippen LogP contribution in [0.25, 0.3) is 0 Å². The Bertz CT molecular complexity index is 259. The summed E-state index contributed by atoms with van der Waals surface area (Å²) in [5.74, 6) is 0.369. The van der Waals surface area contributed by atoms with E-state index >= 15 is 0 Å². The van der Waals surface area contributed by atoms with Crippen LogP contribution >= 0.6 is 0 Å². The van der Waals surface area contributed by atoms with Gasteiger partial charge in [0.25, 0.3) is 0 Å². The summed E-state index contributed by atoms with van der Waals surface area (Å²) in [5.41, 5.74) is 0. The van der Waals surface area contributed by atoms with Gasteiger partial charge in [-0.3, -0.25) is 4.79 Å². The number of carbonyl (C=O) groups is 1. The molecule has 104 valence electrons. The summed E-state index contributed by atoms with van der Waals surface area (Å²) in [7, 11) is 0. The zero-order valence-corrected chi connectivity index (χ0v) is 11.8. The average molecular weight is 252 g/mol. The number of nitrogens with zero attached hydrogens (tertiary/aromatic N) is 1. The summed E-state index contributed by atoms with van der Waals surface area (Å²) in [5, 5.41) is 3.39. The predicted octanol–water partition coefficient (Wildman–Crippen LogP) is 2.70. The molecule has 1 saturated heterocycles. The van der Waals surface area contributed by atoms with Crippen LogP contribution < -0.4 is 5.32 Å². The average Bonchev–Trinajstić information content (AvgIpc) is 2.68. The molecule has 1 atom stereocenters. The number of hydrogen-bond donors (Lipinski definition) is 1. The minimum absolute atomic E-state index is 0.107. The van der Waals surface area contributed by atoms with Crippen LogP contribution in [0.3, 0.4) is 0 Å². The van der Waals surface area contributed by atoms with Crippen LogP contribution in [0.2, 0.25) is 0 Å². The molecule has 0 spiro atoms. The zero-order valence-electron chi connectivity index (χ0n) is 11.8. The molecule has 1 aliphatic heterocycles. The van der Waals surface area contributed by atoms with E-state index in [0.29, 0.717) is 11.9 Å². The Morgan fingerprint density at radius 1 is 1.11 bits per heavy atom. The van der Waals surface area contributed by atoms with E-state index in [-0.39, 0.29) is 6.04 Å². The summed E-state index contributed by atoms with van der Waals surface area (Å²) in [6, 6.07) is 0.640. The van der Waals surface area contributed by atoms with Gasteiger partial charge in [-0.25, -0.2) is 0 Å². The van der Waals surface area contributed by atoms with E-state index in [2.05, 4.69) is 17.1 Å². The van der Waals surface area contributed by atoms with Crippen LogP contribution in [-0.4, -0.2) is 36.0 Å². The summed E-state index contributed by atoms with van der Waals surface area (Å²) in [6.07, 6.45) is 11.3. The lowest BCUT2D eigenvalue weighted by molar-refractivity contribution is -0.131. The fourth-order valence-corrected chi connectivity index (χ4v) is 3.32. The van der Waals surface area contributed by atoms with E-state index < -0.39 is 0 Å². The Morgan fingerprint density at radius 2 is 1.78 bits per heavy atom. The molecule has 3 nitrogen and oxygen atoms in total. The molecule has 0 bridgehead atoms. The summed E-state index contributed by atoms with van der Waals surface area (Å²) >= 11 is 0. The van der Waals surface area contributed by atoms with Gasteiger partial charge in [0.1, 0.15) is 0 Å². The summed E-state index contributed by atoms with van der Waals surface area (Å²) in [6.45, 7) is 4.10. The summed E-state index contributed by atoms with van der Waals surface area (Å²) in [4.78, 5) is 14.6. The van der Waals surface area contributed by atoms with Crippen LogP contribution in [0.15, 0.2) is 0 Å². The molecule has 2 rings (SSSR count). The van der Waals surface area contributed by atoms with E-state index in [1.807, 2.05) is 0 Å². The maximum atomic E-state index is 12.4. The number of carbonyl (C=O) groups excluding carboxylic acids is 1. The highest BCUT2D eigenvalue weighted by Gasteiger charge is 2.35. The highest BCUT2D eigenvalue weighted by Crippen LogP contribution is 2.25. The third-order valence-corrected chi connectivity index (χ3v) is 4.40. The van der Waals surface area contributed by atoms with Crippen molar-refractivity contribution in [2.45, 2.75) is 76.8 Å². The topological polar surface area (TPSA) is 32.3 Å². The predicted molar refractivity (Wildman–Crippen MR) is 74.5 cm³/mol. The smallest absolute Gasteiger partial charge is 0.240 e. The number of hydrogen-bond acceptors (Lipinski definition) is 2.